The van der Waals surface area contributed by atoms with E-state index in [1.807, 2.05) is 43.7 Å². The number of hydrogen-bond acceptors (Lipinski definition) is 6. The Balaban J connectivity index is 0.000000401. The maximum Gasteiger partial charge on any atom is 0.162 e. The zero-order valence-electron chi connectivity index (χ0n) is 19.3. The van der Waals surface area contributed by atoms with Crippen molar-refractivity contribution < 1.29 is 4.74 Å². The highest BCUT2D eigenvalue weighted by atomic mass is 16.5. The predicted octanol–water partition coefficient (Wildman–Crippen LogP) is 4.72. The molecule has 0 aliphatic carbocycles. The average Bonchev–Trinajstić information content (AvgIpc) is 3.22. The number of nitrogens with zero attached hydrogens (tertiary/aromatic N) is 5. The van der Waals surface area contributed by atoms with Crippen LogP contribution in [0.2, 0.25) is 0 Å². The van der Waals surface area contributed by atoms with E-state index < -0.39 is 0 Å². The molecule has 4 rings (SSSR count). The smallest absolute Gasteiger partial charge is 0.162 e. The van der Waals surface area contributed by atoms with Crippen molar-refractivity contribution in [3.05, 3.63) is 47.9 Å². The third-order valence-electron chi connectivity index (χ3n) is 5.29. The fourth-order valence-electron chi connectivity index (χ4n) is 3.68. The Labute approximate surface area is 185 Å². The first-order chi connectivity index (χ1) is 15.1. The van der Waals surface area contributed by atoms with Crippen LogP contribution in [-0.4, -0.2) is 45.4 Å². The van der Waals surface area contributed by atoms with Crippen LogP contribution < -0.4 is 10.2 Å². The highest BCUT2D eigenvalue weighted by Gasteiger charge is 2.17. The van der Waals surface area contributed by atoms with Gasteiger partial charge in [0.1, 0.15) is 11.6 Å². The highest BCUT2D eigenvalue weighted by molar-refractivity contribution is 5.61. The molecule has 168 valence electrons. The van der Waals surface area contributed by atoms with Crippen molar-refractivity contribution in [1.82, 2.24) is 19.6 Å². The molecule has 0 atom stereocenters. The summed E-state index contributed by atoms with van der Waals surface area (Å²) in [5.41, 5.74) is 3.29. The van der Waals surface area contributed by atoms with Gasteiger partial charge in [0, 0.05) is 50.3 Å². The van der Waals surface area contributed by atoms with Crippen LogP contribution >= 0.6 is 0 Å². The van der Waals surface area contributed by atoms with Gasteiger partial charge in [-0.2, -0.15) is 9.61 Å². The largest absolute Gasteiger partial charge is 0.379 e. The minimum atomic E-state index is 0.398. The van der Waals surface area contributed by atoms with E-state index in [-0.39, 0.29) is 0 Å². The fraction of sp³-hybridized carbons (Fsp3) is 0.542. The van der Waals surface area contributed by atoms with Gasteiger partial charge in [-0.05, 0) is 58.1 Å². The Hall–Kier alpha value is -2.67. The van der Waals surface area contributed by atoms with Crippen molar-refractivity contribution >= 4 is 17.3 Å². The van der Waals surface area contributed by atoms with Gasteiger partial charge in [0.15, 0.2) is 5.65 Å². The van der Waals surface area contributed by atoms with E-state index in [4.69, 9.17) is 9.72 Å². The third kappa shape index (κ3) is 6.40. The Morgan fingerprint density at radius 2 is 1.94 bits per heavy atom. The summed E-state index contributed by atoms with van der Waals surface area (Å²) in [4.78, 5) is 11.5. The number of pyridine rings is 1. The summed E-state index contributed by atoms with van der Waals surface area (Å²) in [5, 5.41) is 8.06. The molecule has 1 aliphatic rings. The first kappa shape index (κ1) is 23.0. The van der Waals surface area contributed by atoms with Gasteiger partial charge in [0.05, 0.1) is 12.3 Å². The van der Waals surface area contributed by atoms with E-state index in [1.54, 1.807) is 6.20 Å². The summed E-state index contributed by atoms with van der Waals surface area (Å²) in [6.07, 6.45) is 10.7. The number of anilines is 2. The molecule has 7 heteroatoms. The van der Waals surface area contributed by atoms with Crippen molar-refractivity contribution in [2.45, 2.75) is 66.0 Å². The van der Waals surface area contributed by atoms with E-state index >= 15 is 0 Å². The second-order valence-corrected chi connectivity index (χ2v) is 8.02. The maximum atomic E-state index is 5.04. The third-order valence-corrected chi connectivity index (χ3v) is 5.29. The van der Waals surface area contributed by atoms with E-state index in [9.17, 15) is 0 Å². The van der Waals surface area contributed by atoms with Gasteiger partial charge in [0.2, 0.25) is 0 Å². The molecule has 31 heavy (non-hydrogen) atoms. The van der Waals surface area contributed by atoms with Crippen LogP contribution in [0.5, 0.6) is 0 Å². The summed E-state index contributed by atoms with van der Waals surface area (Å²) < 4.78 is 6.96. The van der Waals surface area contributed by atoms with Gasteiger partial charge in [-0.15, -0.1) is 0 Å². The van der Waals surface area contributed by atoms with Gasteiger partial charge >= 0.3 is 0 Å². The molecule has 0 spiro atoms. The number of aromatic nitrogens is 4. The molecular weight excluding hydrogens is 388 g/mol. The number of hydrogen-bond donors (Lipinski definition) is 1. The van der Waals surface area contributed by atoms with Gasteiger partial charge in [-0.1, -0.05) is 13.0 Å². The van der Waals surface area contributed by atoms with Crippen molar-refractivity contribution in [3.8, 4) is 0 Å². The van der Waals surface area contributed by atoms with Crippen LogP contribution in [0.4, 0.5) is 11.6 Å². The lowest BCUT2D eigenvalue weighted by molar-refractivity contribution is 0.0899. The minimum absolute atomic E-state index is 0.398. The molecule has 4 heterocycles. The Kier molecular flexibility index (Phi) is 8.64. The van der Waals surface area contributed by atoms with Gasteiger partial charge in [-0.25, -0.2) is 4.98 Å². The topological polar surface area (TPSA) is 67.6 Å². The minimum Gasteiger partial charge on any atom is -0.379 e. The first-order valence-electron chi connectivity index (χ1n) is 11.5. The monoisotopic (exact) mass is 424 g/mol. The zero-order chi connectivity index (χ0) is 22.1. The number of nitrogens with one attached hydrogen (secondary N) is 1. The number of rotatable bonds is 7. The SMILES string of the molecule is CCOC(C)C.CCc1cnn2c(NCc3cccnc3)cc(N3CCCCC3)nc12. The van der Waals surface area contributed by atoms with E-state index in [0.717, 1.165) is 49.0 Å². The second kappa shape index (κ2) is 11.6. The zero-order valence-corrected chi connectivity index (χ0v) is 19.3. The molecule has 0 amide bonds. The first-order valence-corrected chi connectivity index (χ1v) is 11.5. The predicted molar refractivity (Wildman–Crippen MR) is 127 cm³/mol. The van der Waals surface area contributed by atoms with Crippen molar-refractivity contribution in [2.75, 3.05) is 29.9 Å². The summed E-state index contributed by atoms with van der Waals surface area (Å²) in [6, 6.07) is 6.16. The van der Waals surface area contributed by atoms with Crippen LogP contribution in [0.15, 0.2) is 36.8 Å². The molecular formula is C24H36N6O. The van der Waals surface area contributed by atoms with E-state index in [0.29, 0.717) is 12.6 Å². The van der Waals surface area contributed by atoms with Gasteiger partial charge < -0.3 is 15.0 Å². The van der Waals surface area contributed by atoms with Crippen molar-refractivity contribution in [3.63, 3.8) is 0 Å². The van der Waals surface area contributed by atoms with Gasteiger partial charge in [0.25, 0.3) is 0 Å². The summed E-state index contributed by atoms with van der Waals surface area (Å²) in [5.74, 6) is 2.03. The Morgan fingerprint density at radius 1 is 1.13 bits per heavy atom. The van der Waals surface area contributed by atoms with Crippen LogP contribution in [0, 0.1) is 0 Å². The molecule has 1 saturated heterocycles. The van der Waals surface area contributed by atoms with Gasteiger partial charge in [-0.3, -0.25) is 4.98 Å². The average molecular weight is 425 g/mol. The summed E-state index contributed by atoms with van der Waals surface area (Å²) >= 11 is 0. The number of aryl methyl sites for hydroxylation is 1. The molecule has 1 aliphatic heterocycles. The number of fused-ring (bicyclic) bond motifs is 1. The fourth-order valence-corrected chi connectivity index (χ4v) is 3.68. The molecule has 0 aromatic carbocycles. The van der Waals surface area contributed by atoms with Crippen molar-refractivity contribution in [1.29, 1.82) is 0 Å². The highest BCUT2D eigenvalue weighted by Crippen LogP contribution is 2.24. The number of ether oxygens (including phenoxy) is 1. The van der Waals surface area contributed by atoms with Crippen LogP contribution in [0.1, 0.15) is 58.1 Å². The standard InChI is InChI=1S/C19H24N6.C5H12O/c1-2-16-14-22-25-17(21-13-15-7-6-8-20-12-15)11-18(23-19(16)25)24-9-4-3-5-10-24;1-4-6-5(2)3/h6-8,11-12,14,21H,2-5,9-10,13H2,1H3;5H,4H2,1-3H3. The lowest BCUT2D eigenvalue weighted by Gasteiger charge is -2.28. The van der Waals surface area contributed by atoms with Crippen molar-refractivity contribution in [2.24, 2.45) is 0 Å². The molecule has 0 saturated carbocycles. The van der Waals surface area contributed by atoms with Crippen LogP contribution in [0.25, 0.3) is 5.65 Å². The maximum absolute atomic E-state index is 5.04. The normalized spacial score (nSPS) is 13.9. The Bertz CT molecular complexity index is 918. The van der Waals surface area contributed by atoms with E-state index in [2.05, 4.69) is 39.4 Å². The lowest BCUT2D eigenvalue weighted by Crippen LogP contribution is -2.30. The lowest BCUT2D eigenvalue weighted by atomic mass is 10.1. The number of piperidine rings is 1. The summed E-state index contributed by atoms with van der Waals surface area (Å²) in [6.45, 7) is 11.9. The van der Waals surface area contributed by atoms with Crippen LogP contribution in [-0.2, 0) is 17.7 Å². The molecule has 7 nitrogen and oxygen atoms in total. The summed E-state index contributed by atoms with van der Waals surface area (Å²) in [7, 11) is 0. The quantitative estimate of drug-likeness (QED) is 0.592. The van der Waals surface area contributed by atoms with Crippen LogP contribution in [0.3, 0.4) is 0 Å². The molecule has 0 bridgehead atoms. The molecule has 0 unspecified atom stereocenters. The second-order valence-electron chi connectivity index (χ2n) is 8.02. The molecule has 0 radical (unpaired) electrons. The molecule has 3 aromatic heterocycles. The molecule has 1 N–H and O–H groups in total. The molecule has 3 aromatic rings. The van der Waals surface area contributed by atoms with E-state index in [1.165, 1.54) is 24.8 Å². The molecule has 1 fully saturated rings. The Morgan fingerprint density at radius 3 is 2.55 bits per heavy atom.